The van der Waals surface area contributed by atoms with Crippen molar-refractivity contribution >= 4 is 28.2 Å². The molecule has 28 heavy (non-hydrogen) atoms. The maximum absolute atomic E-state index is 12.5. The van der Waals surface area contributed by atoms with Gasteiger partial charge in [0.15, 0.2) is 18.1 Å². The molecule has 1 aromatic heterocycles. The molecule has 1 heterocycles. The highest BCUT2D eigenvalue weighted by Gasteiger charge is 2.28. The van der Waals surface area contributed by atoms with Gasteiger partial charge >= 0.3 is 5.97 Å². The zero-order chi connectivity index (χ0) is 20.1. The van der Waals surface area contributed by atoms with Gasteiger partial charge in [0.05, 0.1) is 19.3 Å². The van der Waals surface area contributed by atoms with E-state index in [0.717, 1.165) is 29.7 Å². The number of hydrogen-bond donors (Lipinski definition) is 1. The molecule has 3 rings (SSSR count). The van der Waals surface area contributed by atoms with Crippen LogP contribution in [0.4, 0.5) is 5.00 Å². The average molecular weight is 404 g/mol. The van der Waals surface area contributed by atoms with Gasteiger partial charge in [-0.3, -0.25) is 4.79 Å². The number of benzene rings is 1. The van der Waals surface area contributed by atoms with Gasteiger partial charge in [-0.25, -0.2) is 4.79 Å². The fourth-order valence-corrected chi connectivity index (χ4v) is 4.72. The molecule has 2 aromatic rings. The predicted octanol–water partition coefficient (Wildman–Crippen LogP) is 4.08. The van der Waals surface area contributed by atoms with Gasteiger partial charge in [-0.1, -0.05) is 19.1 Å². The summed E-state index contributed by atoms with van der Waals surface area (Å²) in [6.45, 7) is 4.41. The van der Waals surface area contributed by atoms with Crippen molar-refractivity contribution < 1.29 is 23.8 Å². The summed E-state index contributed by atoms with van der Waals surface area (Å²) in [6, 6.07) is 7.21. The van der Waals surface area contributed by atoms with Crippen LogP contribution in [-0.4, -0.2) is 32.2 Å². The maximum atomic E-state index is 12.5. The van der Waals surface area contributed by atoms with Gasteiger partial charge in [0.2, 0.25) is 0 Å². The number of methoxy groups -OCH3 is 1. The number of carbonyl (C=O) groups excluding carboxylic acids is 2. The Bertz CT molecular complexity index is 860. The van der Waals surface area contributed by atoms with Crippen molar-refractivity contribution in [1.29, 1.82) is 0 Å². The van der Waals surface area contributed by atoms with E-state index in [1.165, 1.54) is 18.4 Å². The lowest BCUT2D eigenvalue weighted by atomic mass is 9.88. The fraction of sp³-hybridized carbons (Fsp3) is 0.429. The van der Waals surface area contributed by atoms with E-state index in [1.54, 1.807) is 12.1 Å². The van der Waals surface area contributed by atoms with Crippen LogP contribution in [-0.2, 0) is 22.4 Å². The summed E-state index contributed by atoms with van der Waals surface area (Å²) in [6.07, 6.45) is 2.77. The Hall–Kier alpha value is -2.54. The maximum Gasteiger partial charge on any atom is 0.341 e. The molecule has 7 heteroatoms. The van der Waals surface area contributed by atoms with Crippen molar-refractivity contribution in [2.45, 2.75) is 33.1 Å². The standard InChI is InChI=1S/C21H25NO5S/c1-4-26-15-7-5-6-8-16(15)27-12-18(23)22-20-19(21(24)25-3)14-10-9-13(2)11-17(14)28-20/h5-8,13H,4,9-12H2,1-3H3,(H,22,23)/t13-/m1/s1. The molecule has 0 radical (unpaired) electrons. The molecule has 0 bridgehead atoms. The number of esters is 1. The number of anilines is 1. The molecule has 1 aliphatic rings. The molecule has 0 saturated carbocycles. The summed E-state index contributed by atoms with van der Waals surface area (Å²) in [4.78, 5) is 25.9. The molecule has 0 aliphatic heterocycles. The van der Waals surface area contributed by atoms with Gasteiger partial charge in [0, 0.05) is 4.88 Å². The first-order valence-electron chi connectivity index (χ1n) is 9.40. The first-order chi connectivity index (χ1) is 13.5. The molecule has 0 spiro atoms. The van der Waals surface area contributed by atoms with Crippen molar-refractivity contribution in [3.05, 3.63) is 40.3 Å². The van der Waals surface area contributed by atoms with Crippen LogP contribution in [0.3, 0.4) is 0 Å². The molecule has 6 nitrogen and oxygen atoms in total. The smallest absolute Gasteiger partial charge is 0.341 e. The van der Waals surface area contributed by atoms with Gasteiger partial charge < -0.3 is 19.5 Å². The molecule has 1 N–H and O–H groups in total. The molecule has 1 aromatic carbocycles. The number of carbonyl (C=O) groups is 2. The van der Waals surface area contributed by atoms with E-state index in [-0.39, 0.29) is 12.5 Å². The van der Waals surface area contributed by atoms with Crippen molar-refractivity contribution in [2.24, 2.45) is 5.92 Å². The number of nitrogens with one attached hydrogen (secondary N) is 1. The largest absolute Gasteiger partial charge is 0.490 e. The van der Waals surface area contributed by atoms with Crippen molar-refractivity contribution in [1.82, 2.24) is 0 Å². The summed E-state index contributed by atoms with van der Waals surface area (Å²) in [5, 5.41) is 3.37. The van der Waals surface area contributed by atoms with Crippen LogP contribution in [0.1, 0.15) is 41.1 Å². The highest BCUT2D eigenvalue weighted by atomic mass is 32.1. The first kappa shape index (κ1) is 20.2. The molecule has 0 unspecified atom stereocenters. The minimum atomic E-state index is -0.412. The summed E-state index contributed by atoms with van der Waals surface area (Å²) in [7, 11) is 1.36. The predicted molar refractivity (Wildman–Crippen MR) is 109 cm³/mol. The lowest BCUT2D eigenvalue weighted by Gasteiger charge is -2.18. The van der Waals surface area contributed by atoms with Crippen LogP contribution in [0.25, 0.3) is 0 Å². The third kappa shape index (κ3) is 4.47. The van der Waals surface area contributed by atoms with Gasteiger partial charge in [0.1, 0.15) is 5.00 Å². The molecule has 0 saturated heterocycles. The Balaban J connectivity index is 1.73. The van der Waals surface area contributed by atoms with E-state index in [2.05, 4.69) is 12.2 Å². The molecule has 0 fully saturated rings. The molecule has 150 valence electrons. The number of ether oxygens (including phenoxy) is 3. The van der Waals surface area contributed by atoms with Gasteiger partial charge in [-0.15, -0.1) is 11.3 Å². The minimum absolute atomic E-state index is 0.177. The number of hydrogen-bond acceptors (Lipinski definition) is 6. The van der Waals surface area contributed by atoms with E-state index >= 15 is 0 Å². The van der Waals surface area contributed by atoms with E-state index in [1.807, 2.05) is 19.1 Å². The molecular formula is C21H25NO5S. The van der Waals surface area contributed by atoms with Crippen LogP contribution in [0.15, 0.2) is 24.3 Å². The second-order valence-corrected chi connectivity index (χ2v) is 7.87. The Kier molecular flexibility index (Phi) is 6.57. The van der Waals surface area contributed by atoms with Crippen molar-refractivity contribution in [2.75, 3.05) is 25.6 Å². The quantitative estimate of drug-likeness (QED) is 0.705. The van der Waals surface area contributed by atoms with Crippen LogP contribution in [0.2, 0.25) is 0 Å². The van der Waals surface area contributed by atoms with E-state index < -0.39 is 5.97 Å². The SMILES string of the molecule is CCOc1ccccc1OCC(=O)Nc1sc2c(c1C(=O)OC)CC[C@@H](C)C2. The number of amides is 1. The minimum Gasteiger partial charge on any atom is -0.490 e. The average Bonchev–Trinajstić information content (AvgIpc) is 3.03. The number of thiophene rings is 1. The summed E-state index contributed by atoms with van der Waals surface area (Å²) < 4.78 is 16.1. The highest BCUT2D eigenvalue weighted by molar-refractivity contribution is 7.17. The van der Waals surface area contributed by atoms with Crippen molar-refractivity contribution in [3.63, 3.8) is 0 Å². The molecule has 1 amide bonds. The highest BCUT2D eigenvalue weighted by Crippen LogP contribution is 2.40. The Morgan fingerprint density at radius 1 is 1.21 bits per heavy atom. The van der Waals surface area contributed by atoms with Gasteiger partial charge in [0.25, 0.3) is 5.91 Å². The lowest BCUT2D eigenvalue weighted by Crippen LogP contribution is -2.21. The lowest BCUT2D eigenvalue weighted by molar-refractivity contribution is -0.118. The normalized spacial score (nSPS) is 15.5. The van der Waals surface area contributed by atoms with Gasteiger partial charge in [-0.05, 0) is 49.8 Å². The molecule has 1 aliphatic carbocycles. The fourth-order valence-electron chi connectivity index (χ4n) is 3.31. The Morgan fingerprint density at radius 3 is 2.61 bits per heavy atom. The van der Waals surface area contributed by atoms with Gasteiger partial charge in [-0.2, -0.15) is 0 Å². The topological polar surface area (TPSA) is 73.9 Å². The zero-order valence-electron chi connectivity index (χ0n) is 16.4. The number of rotatable bonds is 7. The first-order valence-corrected chi connectivity index (χ1v) is 10.2. The summed E-state index contributed by atoms with van der Waals surface area (Å²) in [5.74, 6) is 0.923. The van der Waals surface area contributed by atoms with Crippen LogP contribution < -0.4 is 14.8 Å². The van der Waals surface area contributed by atoms with Crippen molar-refractivity contribution in [3.8, 4) is 11.5 Å². The van der Waals surface area contributed by atoms with E-state index in [4.69, 9.17) is 14.2 Å². The van der Waals surface area contributed by atoms with Crippen LogP contribution in [0.5, 0.6) is 11.5 Å². The zero-order valence-corrected chi connectivity index (χ0v) is 17.2. The third-order valence-electron chi connectivity index (χ3n) is 4.66. The summed E-state index contributed by atoms with van der Waals surface area (Å²) >= 11 is 1.46. The monoisotopic (exact) mass is 403 g/mol. The van der Waals surface area contributed by atoms with E-state index in [9.17, 15) is 9.59 Å². The third-order valence-corrected chi connectivity index (χ3v) is 5.83. The Labute approximate surface area is 168 Å². The molecule has 1 atom stereocenters. The van der Waals surface area contributed by atoms with E-state index in [0.29, 0.717) is 34.6 Å². The number of fused-ring (bicyclic) bond motifs is 1. The molecular weight excluding hydrogens is 378 g/mol. The second kappa shape index (κ2) is 9.10. The second-order valence-electron chi connectivity index (χ2n) is 6.76. The number of para-hydroxylation sites is 2. The van der Waals surface area contributed by atoms with Crippen LogP contribution >= 0.6 is 11.3 Å². The summed E-state index contributed by atoms with van der Waals surface area (Å²) in [5.41, 5.74) is 1.49. The Morgan fingerprint density at radius 2 is 1.93 bits per heavy atom. The van der Waals surface area contributed by atoms with Crippen LogP contribution in [0, 0.1) is 5.92 Å².